The lowest BCUT2D eigenvalue weighted by atomic mass is 10.1. The van der Waals surface area contributed by atoms with Crippen molar-refractivity contribution >= 4 is 22.5 Å². The van der Waals surface area contributed by atoms with Crippen molar-refractivity contribution in [2.45, 2.75) is 13.0 Å². The molecule has 0 aliphatic heterocycles. The lowest BCUT2D eigenvalue weighted by molar-refractivity contribution is 0.690. The Hall–Kier alpha value is -1.77. The Morgan fingerprint density at radius 3 is 2.85 bits per heavy atom. The summed E-state index contributed by atoms with van der Waals surface area (Å²) < 4.78 is 0. The Morgan fingerprint density at radius 2 is 1.95 bits per heavy atom. The van der Waals surface area contributed by atoms with Crippen LogP contribution in [0, 0.1) is 0 Å². The molecule has 0 aliphatic carbocycles. The van der Waals surface area contributed by atoms with Crippen molar-refractivity contribution in [2.24, 2.45) is 0 Å². The molecule has 0 bridgehead atoms. The summed E-state index contributed by atoms with van der Waals surface area (Å²) in [5.74, 6) is 0. The monoisotopic (exact) mass is 284 g/mol. The molecule has 102 valence electrons. The highest BCUT2D eigenvalue weighted by atomic mass is 35.5. The number of rotatable bonds is 5. The Kier molecular flexibility index (Phi) is 4.05. The van der Waals surface area contributed by atoms with Crippen LogP contribution < -0.4 is 5.32 Å². The van der Waals surface area contributed by atoms with Crippen molar-refractivity contribution in [1.29, 1.82) is 0 Å². The van der Waals surface area contributed by atoms with Crippen LogP contribution >= 0.6 is 11.6 Å². The fourth-order valence-corrected chi connectivity index (χ4v) is 2.67. The number of aromatic amines is 1. The van der Waals surface area contributed by atoms with Crippen LogP contribution in [0.15, 0.2) is 54.7 Å². The number of nitrogens with one attached hydrogen (secondary N) is 2. The quantitative estimate of drug-likeness (QED) is 0.677. The second-order valence-electron chi connectivity index (χ2n) is 4.91. The molecule has 0 saturated heterocycles. The minimum absolute atomic E-state index is 0.805. The van der Waals surface area contributed by atoms with Crippen molar-refractivity contribution in [3.05, 3.63) is 70.9 Å². The van der Waals surface area contributed by atoms with Gasteiger partial charge in [-0.25, -0.2) is 0 Å². The number of fused-ring (bicyclic) bond motifs is 1. The van der Waals surface area contributed by atoms with Crippen LogP contribution in [0.4, 0.5) is 0 Å². The fourth-order valence-electron chi connectivity index (χ4n) is 2.45. The van der Waals surface area contributed by atoms with Crippen LogP contribution in [0.3, 0.4) is 0 Å². The molecule has 2 aromatic carbocycles. The van der Waals surface area contributed by atoms with E-state index in [1.165, 1.54) is 22.0 Å². The highest BCUT2D eigenvalue weighted by Crippen LogP contribution is 2.17. The van der Waals surface area contributed by atoms with Gasteiger partial charge >= 0.3 is 0 Å². The first kappa shape index (κ1) is 13.2. The molecule has 3 aromatic rings. The molecule has 1 aromatic heterocycles. The molecule has 1 heterocycles. The molecule has 3 heteroatoms. The number of halogens is 1. The van der Waals surface area contributed by atoms with Crippen LogP contribution in [-0.4, -0.2) is 11.5 Å². The third kappa shape index (κ3) is 3.03. The van der Waals surface area contributed by atoms with Gasteiger partial charge in [0, 0.05) is 28.7 Å². The minimum Gasteiger partial charge on any atom is -0.361 e. The average Bonchev–Trinajstić information content (AvgIpc) is 2.93. The van der Waals surface area contributed by atoms with E-state index in [9.17, 15) is 0 Å². The van der Waals surface area contributed by atoms with Crippen LogP contribution in [0.25, 0.3) is 10.9 Å². The summed E-state index contributed by atoms with van der Waals surface area (Å²) in [7, 11) is 0. The van der Waals surface area contributed by atoms with Gasteiger partial charge in [0.1, 0.15) is 0 Å². The van der Waals surface area contributed by atoms with Gasteiger partial charge in [-0.2, -0.15) is 0 Å². The molecule has 2 N–H and O–H groups in total. The summed E-state index contributed by atoms with van der Waals surface area (Å²) in [6.45, 7) is 1.83. The van der Waals surface area contributed by atoms with E-state index in [0.717, 1.165) is 24.5 Å². The largest absolute Gasteiger partial charge is 0.361 e. The minimum atomic E-state index is 0.805. The number of hydrogen-bond donors (Lipinski definition) is 2. The van der Waals surface area contributed by atoms with Gasteiger partial charge in [-0.15, -0.1) is 0 Å². The first-order chi connectivity index (χ1) is 9.83. The predicted molar refractivity (Wildman–Crippen MR) is 85.2 cm³/mol. The Labute approximate surface area is 123 Å². The number of benzene rings is 2. The molecule has 2 nitrogen and oxygen atoms in total. The SMILES string of the molecule is Clc1cccc(CCNCc2cccc3[nH]ccc23)c1. The Bertz CT molecular complexity index is 703. The summed E-state index contributed by atoms with van der Waals surface area (Å²) in [5, 5.41) is 5.59. The summed E-state index contributed by atoms with van der Waals surface area (Å²) >= 11 is 5.98. The molecule has 0 aliphatic rings. The van der Waals surface area contributed by atoms with E-state index in [1.807, 2.05) is 24.4 Å². The van der Waals surface area contributed by atoms with Gasteiger partial charge < -0.3 is 10.3 Å². The molecule has 0 radical (unpaired) electrons. The summed E-state index contributed by atoms with van der Waals surface area (Å²) in [6, 6.07) is 16.5. The summed E-state index contributed by atoms with van der Waals surface area (Å²) in [5.41, 5.74) is 3.79. The molecule has 3 rings (SSSR count). The number of H-pyrrole nitrogens is 1. The lowest BCUT2D eigenvalue weighted by Crippen LogP contribution is -2.16. The fraction of sp³-hybridized carbons (Fsp3) is 0.176. The first-order valence-corrected chi connectivity index (χ1v) is 7.21. The van der Waals surface area contributed by atoms with Gasteiger partial charge in [-0.05, 0) is 48.4 Å². The van der Waals surface area contributed by atoms with Gasteiger partial charge in [0.15, 0.2) is 0 Å². The van der Waals surface area contributed by atoms with Gasteiger partial charge in [0.05, 0.1) is 0 Å². The van der Waals surface area contributed by atoms with E-state index in [-0.39, 0.29) is 0 Å². The van der Waals surface area contributed by atoms with E-state index >= 15 is 0 Å². The van der Waals surface area contributed by atoms with E-state index < -0.39 is 0 Å². The average molecular weight is 285 g/mol. The van der Waals surface area contributed by atoms with Crippen LogP contribution in [-0.2, 0) is 13.0 Å². The highest BCUT2D eigenvalue weighted by molar-refractivity contribution is 6.30. The zero-order valence-corrected chi connectivity index (χ0v) is 12.0. The predicted octanol–water partition coefficient (Wildman–Crippen LogP) is 4.15. The summed E-state index contributed by atoms with van der Waals surface area (Å²) in [6.07, 6.45) is 2.98. The maximum atomic E-state index is 5.98. The van der Waals surface area contributed by atoms with Crippen molar-refractivity contribution < 1.29 is 0 Å². The second kappa shape index (κ2) is 6.12. The molecule has 0 fully saturated rings. The highest BCUT2D eigenvalue weighted by Gasteiger charge is 2.01. The normalized spacial score (nSPS) is 11.1. The smallest absolute Gasteiger partial charge is 0.0457 e. The molecule has 0 atom stereocenters. The molecule has 0 spiro atoms. The first-order valence-electron chi connectivity index (χ1n) is 6.83. The topological polar surface area (TPSA) is 27.8 Å². The van der Waals surface area contributed by atoms with Crippen molar-refractivity contribution in [3.63, 3.8) is 0 Å². The summed E-state index contributed by atoms with van der Waals surface area (Å²) in [4.78, 5) is 3.24. The Balaban J connectivity index is 1.56. The van der Waals surface area contributed by atoms with Gasteiger partial charge in [0.2, 0.25) is 0 Å². The molecule has 0 saturated carbocycles. The Morgan fingerprint density at radius 1 is 1.05 bits per heavy atom. The van der Waals surface area contributed by atoms with Crippen molar-refractivity contribution in [1.82, 2.24) is 10.3 Å². The van der Waals surface area contributed by atoms with Crippen LogP contribution in [0.1, 0.15) is 11.1 Å². The standard InChI is InChI=1S/C17H17ClN2/c18-15-5-1-3-13(11-15)7-9-19-12-14-4-2-6-17-16(14)8-10-20-17/h1-6,8,10-11,19-20H,7,9,12H2. The van der Waals surface area contributed by atoms with Crippen molar-refractivity contribution in [2.75, 3.05) is 6.54 Å². The van der Waals surface area contributed by atoms with E-state index in [1.54, 1.807) is 0 Å². The molecular formula is C17H17ClN2. The van der Waals surface area contributed by atoms with Gasteiger partial charge in [-0.1, -0.05) is 35.9 Å². The van der Waals surface area contributed by atoms with Crippen molar-refractivity contribution in [3.8, 4) is 0 Å². The second-order valence-corrected chi connectivity index (χ2v) is 5.35. The lowest BCUT2D eigenvalue weighted by Gasteiger charge is -2.07. The van der Waals surface area contributed by atoms with E-state index in [0.29, 0.717) is 0 Å². The maximum Gasteiger partial charge on any atom is 0.0457 e. The van der Waals surface area contributed by atoms with E-state index in [4.69, 9.17) is 11.6 Å². The maximum absolute atomic E-state index is 5.98. The zero-order chi connectivity index (χ0) is 13.8. The van der Waals surface area contributed by atoms with Crippen LogP contribution in [0.5, 0.6) is 0 Å². The molecular weight excluding hydrogens is 268 g/mol. The molecule has 0 amide bonds. The third-order valence-corrected chi connectivity index (χ3v) is 3.72. The van der Waals surface area contributed by atoms with Gasteiger partial charge in [-0.3, -0.25) is 0 Å². The number of hydrogen-bond acceptors (Lipinski definition) is 1. The zero-order valence-electron chi connectivity index (χ0n) is 11.2. The number of aromatic nitrogens is 1. The third-order valence-electron chi connectivity index (χ3n) is 3.48. The van der Waals surface area contributed by atoms with Gasteiger partial charge in [0.25, 0.3) is 0 Å². The van der Waals surface area contributed by atoms with Crippen LogP contribution in [0.2, 0.25) is 5.02 Å². The van der Waals surface area contributed by atoms with E-state index in [2.05, 4.69) is 40.6 Å². The molecule has 20 heavy (non-hydrogen) atoms. The molecule has 0 unspecified atom stereocenters.